The summed E-state index contributed by atoms with van der Waals surface area (Å²) in [5.74, 6) is -0.992. The molecule has 0 aromatic carbocycles. The normalized spacial score (nSPS) is 9.60. The number of hydrogen-bond acceptors (Lipinski definition) is 4. The van der Waals surface area contributed by atoms with Gasteiger partial charge in [0.25, 0.3) is 0 Å². The Hall–Kier alpha value is -1.23. The van der Waals surface area contributed by atoms with E-state index in [2.05, 4.69) is 0 Å². The van der Waals surface area contributed by atoms with Crippen LogP contribution in [-0.2, 0) is 0 Å². The Labute approximate surface area is 61.1 Å². The molecule has 0 unspecified atom stereocenters. The van der Waals surface area contributed by atoms with Crippen molar-refractivity contribution < 1.29 is 9.90 Å². The number of aromatic carboxylic acids is 1. The van der Waals surface area contributed by atoms with Crippen LogP contribution < -0.4 is 11.5 Å². The molecular formula is C5H6N2O2S. The summed E-state index contributed by atoms with van der Waals surface area (Å²) < 4.78 is 0. The Morgan fingerprint density at radius 2 is 2.20 bits per heavy atom. The van der Waals surface area contributed by atoms with Crippen LogP contribution in [0.4, 0.5) is 10.7 Å². The molecule has 1 rings (SSSR count). The van der Waals surface area contributed by atoms with Crippen molar-refractivity contribution in [3.63, 3.8) is 0 Å². The Kier molecular flexibility index (Phi) is 1.50. The molecule has 5 N–H and O–H groups in total. The van der Waals surface area contributed by atoms with Crippen LogP contribution in [0, 0.1) is 0 Å². The summed E-state index contributed by atoms with van der Waals surface area (Å²) in [6, 6.07) is 1.35. The zero-order chi connectivity index (χ0) is 7.72. The summed E-state index contributed by atoms with van der Waals surface area (Å²) in [7, 11) is 0. The summed E-state index contributed by atoms with van der Waals surface area (Å²) in [4.78, 5) is 10.4. The van der Waals surface area contributed by atoms with Gasteiger partial charge in [0.2, 0.25) is 0 Å². The van der Waals surface area contributed by atoms with Crippen LogP contribution >= 0.6 is 11.3 Å². The summed E-state index contributed by atoms with van der Waals surface area (Å²) in [5.41, 5.74) is 10.9. The van der Waals surface area contributed by atoms with Crippen molar-refractivity contribution in [2.75, 3.05) is 11.5 Å². The number of nitrogens with two attached hydrogens (primary N) is 2. The van der Waals surface area contributed by atoms with Crippen LogP contribution in [-0.4, -0.2) is 11.1 Å². The molecule has 0 spiro atoms. The molecule has 1 heterocycles. The molecule has 0 bridgehead atoms. The molecule has 1 aromatic rings. The maximum Gasteiger partial charge on any atom is 0.346 e. The van der Waals surface area contributed by atoms with Crippen molar-refractivity contribution in [3.05, 3.63) is 10.9 Å². The highest BCUT2D eigenvalue weighted by molar-refractivity contribution is 7.18. The number of hydrogen-bond donors (Lipinski definition) is 3. The first-order chi connectivity index (χ1) is 4.61. The number of anilines is 2. The van der Waals surface area contributed by atoms with Gasteiger partial charge in [0, 0.05) is 0 Å². The SMILES string of the molecule is Nc1cc(C(=O)O)sc1N. The zero-order valence-corrected chi connectivity index (χ0v) is 5.81. The van der Waals surface area contributed by atoms with E-state index in [1.807, 2.05) is 0 Å². The molecule has 0 atom stereocenters. The van der Waals surface area contributed by atoms with Gasteiger partial charge in [-0.2, -0.15) is 0 Å². The molecule has 1 aromatic heterocycles. The standard InChI is InChI=1S/C5H6N2O2S/c6-2-1-3(5(8)9)10-4(2)7/h1H,6-7H2,(H,8,9). The summed E-state index contributed by atoms with van der Waals surface area (Å²) >= 11 is 0.976. The van der Waals surface area contributed by atoms with Crippen LogP contribution in [0.3, 0.4) is 0 Å². The van der Waals surface area contributed by atoms with Gasteiger partial charge in [-0.05, 0) is 6.07 Å². The van der Waals surface area contributed by atoms with E-state index in [9.17, 15) is 4.79 Å². The molecule has 0 aliphatic carbocycles. The fourth-order valence-electron chi connectivity index (χ4n) is 0.525. The molecule has 0 aliphatic rings. The topological polar surface area (TPSA) is 89.3 Å². The minimum absolute atomic E-state index is 0.176. The van der Waals surface area contributed by atoms with E-state index in [1.54, 1.807) is 0 Å². The molecule has 0 fully saturated rings. The Morgan fingerprint density at radius 3 is 2.40 bits per heavy atom. The predicted molar refractivity (Wildman–Crippen MR) is 40.1 cm³/mol. The number of carboxylic acid groups (broad SMARTS) is 1. The third kappa shape index (κ3) is 1.03. The van der Waals surface area contributed by atoms with Gasteiger partial charge >= 0.3 is 5.97 Å². The first-order valence-electron chi connectivity index (χ1n) is 2.49. The van der Waals surface area contributed by atoms with Gasteiger partial charge in [-0.15, -0.1) is 11.3 Å². The van der Waals surface area contributed by atoms with Gasteiger partial charge in [0.15, 0.2) is 0 Å². The number of carboxylic acids is 1. The Bertz CT molecular complexity index is 249. The van der Waals surface area contributed by atoms with Crippen molar-refractivity contribution in [2.24, 2.45) is 0 Å². The van der Waals surface area contributed by atoms with Crippen LogP contribution in [0.25, 0.3) is 0 Å². The largest absolute Gasteiger partial charge is 0.477 e. The molecule has 0 aliphatic heterocycles. The van der Waals surface area contributed by atoms with Gasteiger partial charge in [0.1, 0.15) is 9.88 Å². The smallest absolute Gasteiger partial charge is 0.346 e. The molecule has 0 saturated carbocycles. The number of carbonyl (C=O) groups is 1. The maximum atomic E-state index is 10.3. The van der Waals surface area contributed by atoms with Gasteiger partial charge in [0.05, 0.1) is 5.69 Å². The second-order valence-electron chi connectivity index (χ2n) is 1.74. The minimum Gasteiger partial charge on any atom is -0.477 e. The second kappa shape index (κ2) is 2.18. The number of thiophene rings is 1. The molecular weight excluding hydrogens is 152 g/mol. The summed E-state index contributed by atoms with van der Waals surface area (Å²) in [6.45, 7) is 0. The lowest BCUT2D eigenvalue weighted by atomic mass is 10.4. The zero-order valence-electron chi connectivity index (χ0n) is 5.00. The van der Waals surface area contributed by atoms with E-state index in [4.69, 9.17) is 16.6 Å². The van der Waals surface area contributed by atoms with E-state index >= 15 is 0 Å². The highest BCUT2D eigenvalue weighted by atomic mass is 32.1. The highest BCUT2D eigenvalue weighted by Crippen LogP contribution is 2.26. The van der Waals surface area contributed by atoms with Gasteiger partial charge in [-0.1, -0.05) is 0 Å². The molecule has 4 nitrogen and oxygen atoms in total. The van der Waals surface area contributed by atoms with Crippen molar-refractivity contribution in [1.82, 2.24) is 0 Å². The third-order valence-corrected chi connectivity index (χ3v) is 1.97. The first-order valence-corrected chi connectivity index (χ1v) is 3.31. The van der Waals surface area contributed by atoms with E-state index < -0.39 is 5.97 Å². The summed E-state index contributed by atoms with van der Waals surface area (Å²) in [5, 5.41) is 8.78. The molecule has 5 heteroatoms. The van der Waals surface area contributed by atoms with Crippen LogP contribution in [0.2, 0.25) is 0 Å². The van der Waals surface area contributed by atoms with Crippen molar-refractivity contribution in [1.29, 1.82) is 0 Å². The quantitative estimate of drug-likeness (QED) is 0.558. The van der Waals surface area contributed by atoms with Crippen molar-refractivity contribution in [3.8, 4) is 0 Å². The van der Waals surface area contributed by atoms with Crippen LogP contribution in [0.15, 0.2) is 6.07 Å². The fraction of sp³-hybridized carbons (Fsp3) is 0. The average molecular weight is 158 g/mol. The predicted octanol–water partition coefficient (Wildman–Crippen LogP) is 0.611. The second-order valence-corrected chi connectivity index (χ2v) is 2.82. The summed E-state index contributed by atoms with van der Waals surface area (Å²) in [6.07, 6.45) is 0. The lowest BCUT2D eigenvalue weighted by molar-refractivity contribution is 0.0702. The fourth-order valence-corrected chi connectivity index (χ4v) is 1.21. The lowest BCUT2D eigenvalue weighted by Gasteiger charge is -1.81. The monoisotopic (exact) mass is 158 g/mol. The highest BCUT2D eigenvalue weighted by Gasteiger charge is 2.08. The number of rotatable bonds is 1. The Balaban J connectivity index is 3.10. The van der Waals surface area contributed by atoms with E-state index in [0.717, 1.165) is 11.3 Å². The first kappa shape index (κ1) is 6.88. The minimum atomic E-state index is -0.992. The van der Waals surface area contributed by atoms with Gasteiger partial charge < -0.3 is 16.6 Å². The third-order valence-electron chi connectivity index (χ3n) is 1.00. The molecule has 10 heavy (non-hydrogen) atoms. The molecule has 0 saturated heterocycles. The van der Waals surface area contributed by atoms with E-state index in [-0.39, 0.29) is 4.88 Å². The van der Waals surface area contributed by atoms with Gasteiger partial charge in [-0.3, -0.25) is 0 Å². The number of nitrogen functional groups attached to an aromatic ring is 2. The van der Waals surface area contributed by atoms with E-state index in [0.29, 0.717) is 10.7 Å². The Morgan fingerprint density at radius 1 is 1.60 bits per heavy atom. The molecule has 0 radical (unpaired) electrons. The average Bonchev–Trinajstić information content (AvgIpc) is 2.13. The molecule has 0 amide bonds. The lowest BCUT2D eigenvalue weighted by Crippen LogP contribution is -1.90. The van der Waals surface area contributed by atoms with Gasteiger partial charge in [-0.25, -0.2) is 4.79 Å². The van der Waals surface area contributed by atoms with Crippen LogP contribution in [0.5, 0.6) is 0 Å². The van der Waals surface area contributed by atoms with Crippen molar-refractivity contribution >= 4 is 28.0 Å². The van der Waals surface area contributed by atoms with Crippen molar-refractivity contribution in [2.45, 2.75) is 0 Å². The maximum absolute atomic E-state index is 10.3. The molecule has 54 valence electrons. The van der Waals surface area contributed by atoms with E-state index in [1.165, 1.54) is 6.07 Å². The van der Waals surface area contributed by atoms with Crippen LogP contribution in [0.1, 0.15) is 9.67 Å².